The summed E-state index contributed by atoms with van der Waals surface area (Å²) >= 11 is 11.7. The SMILES string of the molecule is CC(O)CCNC(=O)CC(O)c1cc(Cl)cc(Cl)c1. The molecule has 0 aliphatic heterocycles. The van der Waals surface area contributed by atoms with Crippen LogP contribution in [0.5, 0.6) is 0 Å². The fraction of sp³-hybridized carbons (Fsp3) is 0.462. The zero-order chi connectivity index (χ0) is 14.4. The van der Waals surface area contributed by atoms with Gasteiger partial charge >= 0.3 is 0 Å². The molecule has 0 aliphatic carbocycles. The summed E-state index contributed by atoms with van der Waals surface area (Å²) in [5.41, 5.74) is 0.503. The van der Waals surface area contributed by atoms with Crippen molar-refractivity contribution in [3.8, 4) is 0 Å². The van der Waals surface area contributed by atoms with Crippen molar-refractivity contribution in [3.63, 3.8) is 0 Å². The fourth-order valence-corrected chi connectivity index (χ4v) is 2.10. The Morgan fingerprint density at radius 3 is 2.37 bits per heavy atom. The van der Waals surface area contributed by atoms with Crippen LogP contribution >= 0.6 is 23.2 Å². The van der Waals surface area contributed by atoms with Gasteiger partial charge in [0.2, 0.25) is 5.91 Å². The molecule has 2 unspecified atom stereocenters. The minimum atomic E-state index is -0.956. The highest BCUT2D eigenvalue weighted by Crippen LogP contribution is 2.25. The number of aliphatic hydroxyl groups excluding tert-OH is 2. The molecule has 6 heteroatoms. The Morgan fingerprint density at radius 1 is 1.26 bits per heavy atom. The van der Waals surface area contributed by atoms with E-state index in [9.17, 15) is 9.90 Å². The second-order valence-corrected chi connectivity index (χ2v) is 5.28. The van der Waals surface area contributed by atoms with Crippen molar-refractivity contribution in [1.29, 1.82) is 0 Å². The molecule has 1 aromatic rings. The monoisotopic (exact) mass is 305 g/mol. The minimum absolute atomic E-state index is 0.0729. The third-order valence-corrected chi connectivity index (χ3v) is 2.97. The van der Waals surface area contributed by atoms with E-state index in [2.05, 4.69) is 5.32 Å². The lowest BCUT2D eigenvalue weighted by atomic mass is 10.1. The molecule has 0 heterocycles. The molecule has 0 fully saturated rings. The van der Waals surface area contributed by atoms with Gasteiger partial charge in [0.15, 0.2) is 0 Å². The number of carbonyl (C=O) groups excluding carboxylic acids is 1. The summed E-state index contributed by atoms with van der Waals surface area (Å²) in [6.07, 6.45) is -1.01. The predicted molar refractivity (Wildman–Crippen MR) is 75.3 cm³/mol. The number of carbonyl (C=O) groups is 1. The molecular weight excluding hydrogens is 289 g/mol. The van der Waals surface area contributed by atoms with Gasteiger partial charge in [-0.25, -0.2) is 0 Å². The molecule has 106 valence electrons. The van der Waals surface area contributed by atoms with E-state index in [1.807, 2.05) is 0 Å². The predicted octanol–water partition coefficient (Wildman–Crippen LogP) is 2.30. The van der Waals surface area contributed by atoms with Crippen LogP contribution in [0.2, 0.25) is 10.0 Å². The third kappa shape index (κ3) is 6.25. The molecule has 1 amide bonds. The van der Waals surface area contributed by atoms with Gasteiger partial charge in [-0.1, -0.05) is 23.2 Å². The van der Waals surface area contributed by atoms with E-state index in [4.69, 9.17) is 28.3 Å². The van der Waals surface area contributed by atoms with Crippen molar-refractivity contribution in [1.82, 2.24) is 5.32 Å². The van der Waals surface area contributed by atoms with Crippen LogP contribution in [0, 0.1) is 0 Å². The van der Waals surface area contributed by atoms with Gasteiger partial charge in [0.05, 0.1) is 18.6 Å². The first-order chi connectivity index (χ1) is 8.88. The summed E-state index contributed by atoms with van der Waals surface area (Å²) in [7, 11) is 0. The summed E-state index contributed by atoms with van der Waals surface area (Å²) in [6.45, 7) is 2.02. The van der Waals surface area contributed by atoms with E-state index >= 15 is 0 Å². The van der Waals surface area contributed by atoms with E-state index in [-0.39, 0.29) is 12.3 Å². The molecule has 0 aromatic heterocycles. The van der Waals surface area contributed by atoms with E-state index in [0.29, 0.717) is 28.6 Å². The van der Waals surface area contributed by atoms with Gasteiger partial charge in [0, 0.05) is 16.6 Å². The zero-order valence-electron chi connectivity index (χ0n) is 10.6. The first-order valence-electron chi connectivity index (χ1n) is 5.97. The number of aliphatic hydroxyl groups is 2. The van der Waals surface area contributed by atoms with Gasteiger partial charge in [-0.3, -0.25) is 4.79 Å². The summed E-state index contributed by atoms with van der Waals surface area (Å²) in [6, 6.07) is 4.70. The second kappa shape index (κ2) is 7.70. The maximum absolute atomic E-state index is 11.6. The molecule has 0 bridgehead atoms. The lowest BCUT2D eigenvalue weighted by Gasteiger charge is -2.12. The van der Waals surface area contributed by atoms with Gasteiger partial charge < -0.3 is 15.5 Å². The van der Waals surface area contributed by atoms with Crippen LogP contribution in [-0.4, -0.2) is 28.8 Å². The zero-order valence-corrected chi connectivity index (χ0v) is 12.1. The van der Waals surface area contributed by atoms with Crippen molar-refractivity contribution >= 4 is 29.1 Å². The Morgan fingerprint density at radius 2 is 1.84 bits per heavy atom. The molecule has 1 rings (SSSR count). The highest BCUT2D eigenvalue weighted by molar-refractivity contribution is 6.34. The molecule has 2 atom stereocenters. The number of hydrogen-bond acceptors (Lipinski definition) is 3. The van der Waals surface area contributed by atoms with Crippen LogP contribution in [0.3, 0.4) is 0 Å². The number of nitrogens with one attached hydrogen (secondary N) is 1. The topological polar surface area (TPSA) is 69.6 Å². The fourth-order valence-electron chi connectivity index (χ4n) is 1.55. The molecule has 0 saturated carbocycles. The number of amides is 1. The van der Waals surface area contributed by atoms with Gasteiger partial charge in [0.25, 0.3) is 0 Å². The van der Waals surface area contributed by atoms with Crippen molar-refractivity contribution in [2.75, 3.05) is 6.54 Å². The van der Waals surface area contributed by atoms with Crippen molar-refractivity contribution < 1.29 is 15.0 Å². The Balaban J connectivity index is 2.49. The molecule has 4 nitrogen and oxygen atoms in total. The van der Waals surface area contributed by atoms with Gasteiger partial charge in [0.1, 0.15) is 0 Å². The third-order valence-electron chi connectivity index (χ3n) is 2.53. The molecule has 19 heavy (non-hydrogen) atoms. The number of hydrogen-bond donors (Lipinski definition) is 3. The highest BCUT2D eigenvalue weighted by Gasteiger charge is 2.14. The van der Waals surface area contributed by atoms with Crippen LogP contribution in [0.1, 0.15) is 31.4 Å². The van der Waals surface area contributed by atoms with E-state index in [1.165, 1.54) is 0 Å². The average molecular weight is 306 g/mol. The normalized spacial score (nSPS) is 13.9. The molecule has 0 radical (unpaired) electrons. The Labute approximate surface area is 122 Å². The van der Waals surface area contributed by atoms with Crippen LogP contribution in [0.4, 0.5) is 0 Å². The van der Waals surface area contributed by atoms with E-state index in [1.54, 1.807) is 25.1 Å². The second-order valence-electron chi connectivity index (χ2n) is 4.41. The lowest BCUT2D eigenvalue weighted by molar-refractivity contribution is -0.123. The molecule has 1 aromatic carbocycles. The quantitative estimate of drug-likeness (QED) is 0.755. The highest BCUT2D eigenvalue weighted by atomic mass is 35.5. The first kappa shape index (κ1) is 16.2. The summed E-state index contributed by atoms with van der Waals surface area (Å²) in [5, 5.41) is 22.4. The van der Waals surface area contributed by atoms with Gasteiger partial charge in [-0.05, 0) is 37.1 Å². The minimum Gasteiger partial charge on any atom is -0.393 e. The Hall–Kier alpha value is -0.810. The van der Waals surface area contributed by atoms with Crippen LogP contribution in [-0.2, 0) is 4.79 Å². The first-order valence-corrected chi connectivity index (χ1v) is 6.73. The maximum Gasteiger partial charge on any atom is 0.222 e. The van der Waals surface area contributed by atoms with E-state index < -0.39 is 12.2 Å². The van der Waals surface area contributed by atoms with Crippen LogP contribution < -0.4 is 5.32 Å². The molecule has 0 saturated heterocycles. The van der Waals surface area contributed by atoms with Crippen molar-refractivity contribution in [3.05, 3.63) is 33.8 Å². The lowest BCUT2D eigenvalue weighted by Crippen LogP contribution is -2.27. The summed E-state index contributed by atoms with van der Waals surface area (Å²) in [4.78, 5) is 11.6. The van der Waals surface area contributed by atoms with Crippen molar-refractivity contribution in [2.45, 2.75) is 32.0 Å². The van der Waals surface area contributed by atoms with Gasteiger partial charge in [-0.15, -0.1) is 0 Å². The van der Waals surface area contributed by atoms with Gasteiger partial charge in [-0.2, -0.15) is 0 Å². The summed E-state index contributed by atoms with van der Waals surface area (Å²) in [5.74, 6) is -0.288. The number of rotatable bonds is 6. The molecule has 0 spiro atoms. The van der Waals surface area contributed by atoms with Crippen molar-refractivity contribution in [2.24, 2.45) is 0 Å². The largest absolute Gasteiger partial charge is 0.393 e. The molecular formula is C13H17Cl2NO3. The maximum atomic E-state index is 11.6. The number of halogens is 2. The Bertz CT molecular complexity index is 418. The Kier molecular flexibility index (Phi) is 6.58. The molecule has 0 aliphatic rings. The van der Waals surface area contributed by atoms with Crippen LogP contribution in [0.15, 0.2) is 18.2 Å². The molecule has 3 N–H and O–H groups in total. The van der Waals surface area contributed by atoms with E-state index in [0.717, 1.165) is 0 Å². The standard InChI is InChI=1S/C13H17Cl2NO3/c1-8(17)2-3-16-13(19)7-12(18)9-4-10(14)6-11(15)5-9/h4-6,8,12,17-18H,2-3,7H2,1H3,(H,16,19). The van der Waals surface area contributed by atoms with Crippen LogP contribution in [0.25, 0.3) is 0 Å². The number of benzene rings is 1. The smallest absolute Gasteiger partial charge is 0.222 e. The average Bonchev–Trinajstić information content (AvgIpc) is 2.26. The summed E-state index contributed by atoms with van der Waals surface area (Å²) < 4.78 is 0.